The van der Waals surface area contributed by atoms with Crippen LogP contribution in [-0.4, -0.2) is 14.5 Å². The zero-order valence-electron chi connectivity index (χ0n) is 12.5. The molecule has 0 saturated heterocycles. The minimum absolute atomic E-state index is 0.0488. The SMILES string of the molecule is Cc1ccc(C)c(S(=O)(=O)N2c3ccccc3C[C@@H]2C)c1. The van der Waals surface area contributed by atoms with Crippen molar-refractivity contribution in [3.8, 4) is 0 Å². The van der Waals surface area contributed by atoms with Crippen molar-refractivity contribution < 1.29 is 8.42 Å². The van der Waals surface area contributed by atoms with Crippen molar-refractivity contribution in [2.45, 2.75) is 38.1 Å². The summed E-state index contributed by atoms with van der Waals surface area (Å²) in [5.74, 6) is 0. The number of nitrogens with zero attached hydrogens (tertiary/aromatic N) is 1. The minimum Gasteiger partial charge on any atom is -0.263 e. The van der Waals surface area contributed by atoms with Gasteiger partial charge in [0.25, 0.3) is 10.0 Å². The zero-order valence-corrected chi connectivity index (χ0v) is 13.3. The van der Waals surface area contributed by atoms with Crippen molar-refractivity contribution in [2.75, 3.05) is 4.31 Å². The minimum atomic E-state index is -3.52. The van der Waals surface area contributed by atoms with Gasteiger partial charge in [0.15, 0.2) is 0 Å². The Morgan fingerprint density at radius 2 is 1.81 bits per heavy atom. The molecule has 1 aliphatic rings. The Morgan fingerprint density at radius 3 is 2.57 bits per heavy atom. The van der Waals surface area contributed by atoms with Crippen molar-refractivity contribution >= 4 is 15.7 Å². The first-order chi connectivity index (χ1) is 9.91. The summed E-state index contributed by atoms with van der Waals surface area (Å²) in [5.41, 5.74) is 3.65. The van der Waals surface area contributed by atoms with E-state index in [-0.39, 0.29) is 6.04 Å². The van der Waals surface area contributed by atoms with Crippen molar-refractivity contribution in [3.63, 3.8) is 0 Å². The van der Waals surface area contributed by atoms with E-state index in [1.807, 2.05) is 57.2 Å². The molecule has 3 nitrogen and oxygen atoms in total. The van der Waals surface area contributed by atoms with E-state index < -0.39 is 10.0 Å². The molecule has 0 saturated carbocycles. The first-order valence-electron chi connectivity index (χ1n) is 7.11. The number of para-hydroxylation sites is 1. The van der Waals surface area contributed by atoms with Crippen LogP contribution in [0.5, 0.6) is 0 Å². The van der Waals surface area contributed by atoms with Crippen LogP contribution in [0.3, 0.4) is 0 Å². The molecule has 3 rings (SSSR count). The van der Waals surface area contributed by atoms with Crippen LogP contribution in [-0.2, 0) is 16.4 Å². The quantitative estimate of drug-likeness (QED) is 0.852. The lowest BCUT2D eigenvalue weighted by molar-refractivity contribution is 0.583. The summed E-state index contributed by atoms with van der Waals surface area (Å²) in [4.78, 5) is 0.408. The van der Waals surface area contributed by atoms with Crippen LogP contribution in [0.1, 0.15) is 23.6 Å². The number of benzene rings is 2. The monoisotopic (exact) mass is 301 g/mol. The van der Waals surface area contributed by atoms with Gasteiger partial charge in [0.1, 0.15) is 0 Å². The number of aryl methyl sites for hydroxylation is 2. The van der Waals surface area contributed by atoms with Gasteiger partial charge in [-0.25, -0.2) is 8.42 Å². The lowest BCUT2D eigenvalue weighted by atomic mass is 10.1. The Balaban J connectivity index is 2.17. The standard InChI is InChI=1S/C17H19NO2S/c1-12-8-9-13(2)17(10-12)21(19,20)18-14(3)11-15-6-4-5-7-16(15)18/h4-10,14H,11H2,1-3H3/t14-/m0/s1. The first-order valence-corrected chi connectivity index (χ1v) is 8.55. The predicted octanol–water partition coefficient (Wildman–Crippen LogP) is 3.44. The van der Waals surface area contributed by atoms with E-state index in [4.69, 9.17) is 0 Å². The molecule has 0 bridgehead atoms. The van der Waals surface area contributed by atoms with Crippen molar-refractivity contribution in [3.05, 3.63) is 59.2 Å². The fourth-order valence-electron chi connectivity index (χ4n) is 2.99. The highest BCUT2D eigenvalue weighted by Gasteiger charge is 2.36. The molecule has 0 unspecified atom stereocenters. The normalized spacial score (nSPS) is 17.9. The van der Waals surface area contributed by atoms with Crippen LogP contribution >= 0.6 is 0 Å². The van der Waals surface area contributed by atoms with Gasteiger partial charge in [-0.3, -0.25) is 4.31 Å². The van der Waals surface area contributed by atoms with Crippen molar-refractivity contribution in [2.24, 2.45) is 0 Å². The van der Waals surface area contributed by atoms with E-state index in [9.17, 15) is 8.42 Å². The fraction of sp³-hybridized carbons (Fsp3) is 0.294. The number of hydrogen-bond acceptors (Lipinski definition) is 2. The number of sulfonamides is 1. The van der Waals surface area contributed by atoms with E-state index in [1.54, 1.807) is 10.4 Å². The van der Waals surface area contributed by atoms with Gasteiger partial charge in [-0.05, 0) is 56.0 Å². The largest absolute Gasteiger partial charge is 0.264 e. The molecule has 1 aliphatic heterocycles. The molecule has 4 heteroatoms. The van der Waals surface area contributed by atoms with Crippen LogP contribution in [0, 0.1) is 13.8 Å². The third-order valence-corrected chi connectivity index (χ3v) is 6.10. The maximum Gasteiger partial charge on any atom is 0.264 e. The molecule has 1 heterocycles. The lowest BCUT2D eigenvalue weighted by Crippen LogP contribution is -2.36. The van der Waals surface area contributed by atoms with Crippen LogP contribution in [0.2, 0.25) is 0 Å². The van der Waals surface area contributed by atoms with Crippen molar-refractivity contribution in [1.29, 1.82) is 0 Å². The van der Waals surface area contributed by atoms with Gasteiger partial charge in [0, 0.05) is 6.04 Å². The predicted molar refractivity (Wildman–Crippen MR) is 85.2 cm³/mol. The third-order valence-electron chi connectivity index (χ3n) is 4.03. The maximum atomic E-state index is 13.1. The van der Waals surface area contributed by atoms with Gasteiger partial charge in [-0.15, -0.1) is 0 Å². The lowest BCUT2D eigenvalue weighted by Gasteiger charge is -2.25. The molecule has 0 spiro atoms. The van der Waals surface area contributed by atoms with Gasteiger partial charge >= 0.3 is 0 Å². The first kappa shape index (κ1) is 14.1. The van der Waals surface area contributed by atoms with Gasteiger partial charge in [-0.1, -0.05) is 30.3 Å². The van der Waals surface area contributed by atoms with E-state index >= 15 is 0 Å². The molecule has 21 heavy (non-hydrogen) atoms. The summed E-state index contributed by atoms with van der Waals surface area (Å²) >= 11 is 0. The summed E-state index contributed by atoms with van der Waals surface area (Å²) < 4.78 is 27.8. The molecule has 0 radical (unpaired) electrons. The van der Waals surface area contributed by atoms with E-state index in [2.05, 4.69) is 0 Å². The summed E-state index contributed by atoms with van der Waals surface area (Å²) in [6.07, 6.45) is 0.764. The molecular formula is C17H19NO2S. The summed E-state index contributed by atoms with van der Waals surface area (Å²) in [6, 6.07) is 13.3. The molecule has 2 aromatic rings. The summed E-state index contributed by atoms with van der Waals surface area (Å²) in [6.45, 7) is 5.72. The topological polar surface area (TPSA) is 37.4 Å². The Kier molecular flexibility index (Phi) is 3.29. The average Bonchev–Trinajstić information content (AvgIpc) is 2.77. The molecule has 0 fully saturated rings. The highest BCUT2D eigenvalue weighted by molar-refractivity contribution is 7.93. The Bertz CT molecular complexity index is 796. The second kappa shape index (κ2) is 4.88. The number of rotatable bonds is 2. The second-order valence-corrected chi connectivity index (χ2v) is 7.54. The third kappa shape index (κ3) is 2.23. The molecule has 0 aliphatic carbocycles. The Hall–Kier alpha value is -1.81. The zero-order chi connectivity index (χ0) is 15.2. The average molecular weight is 301 g/mol. The fourth-order valence-corrected chi connectivity index (χ4v) is 5.00. The Labute approximate surface area is 126 Å². The number of anilines is 1. The molecule has 0 aromatic heterocycles. The van der Waals surface area contributed by atoms with Gasteiger partial charge < -0.3 is 0 Å². The van der Waals surface area contributed by atoms with Crippen LogP contribution in [0.25, 0.3) is 0 Å². The second-order valence-electron chi connectivity index (χ2n) is 5.75. The molecule has 2 aromatic carbocycles. The number of hydrogen-bond donors (Lipinski definition) is 0. The summed E-state index contributed by atoms with van der Waals surface area (Å²) in [7, 11) is -3.52. The highest BCUT2D eigenvalue weighted by atomic mass is 32.2. The van der Waals surface area contributed by atoms with E-state index in [0.717, 1.165) is 28.8 Å². The molecule has 110 valence electrons. The van der Waals surface area contributed by atoms with Crippen molar-refractivity contribution in [1.82, 2.24) is 0 Å². The number of fused-ring (bicyclic) bond motifs is 1. The molecule has 0 N–H and O–H groups in total. The van der Waals surface area contributed by atoms with Crippen LogP contribution in [0.4, 0.5) is 5.69 Å². The van der Waals surface area contributed by atoms with Gasteiger partial charge in [-0.2, -0.15) is 0 Å². The van der Waals surface area contributed by atoms with Crippen LogP contribution in [0.15, 0.2) is 47.4 Å². The smallest absolute Gasteiger partial charge is 0.263 e. The van der Waals surface area contributed by atoms with E-state index in [0.29, 0.717) is 4.90 Å². The molecule has 1 atom stereocenters. The molecular weight excluding hydrogens is 282 g/mol. The van der Waals surface area contributed by atoms with E-state index in [1.165, 1.54) is 0 Å². The van der Waals surface area contributed by atoms with Gasteiger partial charge in [0.05, 0.1) is 10.6 Å². The highest BCUT2D eigenvalue weighted by Crippen LogP contribution is 2.37. The van der Waals surface area contributed by atoms with Crippen LogP contribution < -0.4 is 4.31 Å². The molecule has 0 amide bonds. The Morgan fingerprint density at radius 1 is 1.10 bits per heavy atom. The maximum absolute atomic E-state index is 13.1. The summed E-state index contributed by atoms with van der Waals surface area (Å²) in [5, 5.41) is 0. The van der Waals surface area contributed by atoms with Gasteiger partial charge in [0.2, 0.25) is 0 Å².